The number of ketones is 1. The Morgan fingerprint density at radius 2 is 1.61 bits per heavy atom. The van der Waals surface area contributed by atoms with Gasteiger partial charge in [0.15, 0.2) is 23.0 Å². The van der Waals surface area contributed by atoms with Crippen molar-refractivity contribution >= 4 is 5.78 Å². The first-order valence-electron chi connectivity index (χ1n) is 11.0. The second kappa shape index (κ2) is 11.0. The van der Waals surface area contributed by atoms with Gasteiger partial charge in [0.2, 0.25) is 0 Å². The third-order valence-corrected chi connectivity index (χ3v) is 5.79. The number of Topliss-reactive ketones (excluding diaryl/α,β-unsaturated/α-hetero) is 1. The van der Waals surface area contributed by atoms with E-state index in [-0.39, 0.29) is 29.8 Å². The van der Waals surface area contributed by atoms with E-state index in [0.29, 0.717) is 37.2 Å². The van der Waals surface area contributed by atoms with Gasteiger partial charge in [0.1, 0.15) is 5.78 Å². The first kappa shape index (κ1) is 22.9. The van der Waals surface area contributed by atoms with Crippen LogP contribution in [0, 0.1) is 0 Å². The molecule has 1 atom stereocenters. The van der Waals surface area contributed by atoms with Crippen molar-refractivity contribution in [2.75, 3.05) is 7.11 Å². The van der Waals surface area contributed by atoms with Crippen LogP contribution in [0.15, 0.2) is 36.4 Å². The van der Waals surface area contributed by atoms with Gasteiger partial charge in [0, 0.05) is 12.8 Å². The fraction of sp³-hybridized carbons (Fsp3) is 0.480. The molecule has 3 N–H and O–H groups in total. The third-order valence-electron chi connectivity index (χ3n) is 5.79. The van der Waals surface area contributed by atoms with Gasteiger partial charge in [-0.2, -0.15) is 0 Å². The van der Waals surface area contributed by atoms with Gasteiger partial charge in [0.05, 0.1) is 19.3 Å². The summed E-state index contributed by atoms with van der Waals surface area (Å²) in [5.74, 6) is 1.08. The normalized spacial score (nSPS) is 15.0. The summed E-state index contributed by atoms with van der Waals surface area (Å²) in [4.78, 5) is 12.3. The highest BCUT2D eigenvalue weighted by atomic mass is 16.5. The van der Waals surface area contributed by atoms with Crippen LogP contribution in [-0.2, 0) is 17.6 Å². The second-order valence-electron chi connectivity index (χ2n) is 8.27. The van der Waals surface area contributed by atoms with Gasteiger partial charge in [-0.05, 0) is 80.3 Å². The van der Waals surface area contributed by atoms with Crippen LogP contribution in [0.1, 0.15) is 56.1 Å². The summed E-state index contributed by atoms with van der Waals surface area (Å²) in [6, 6.07) is 10.3. The molecule has 0 radical (unpaired) electrons. The Morgan fingerprint density at radius 3 is 2.29 bits per heavy atom. The van der Waals surface area contributed by atoms with E-state index in [4.69, 9.17) is 9.47 Å². The van der Waals surface area contributed by atoms with Gasteiger partial charge in [-0.1, -0.05) is 12.1 Å². The quantitative estimate of drug-likeness (QED) is 0.493. The summed E-state index contributed by atoms with van der Waals surface area (Å²) in [6.45, 7) is 0. The molecule has 2 aromatic carbocycles. The fourth-order valence-corrected chi connectivity index (χ4v) is 3.96. The SMILES string of the molecule is COc1cc(CCC(=O)C[C@H](O)CCc2ccc(O)c(OC3CCCC3)c2)ccc1O. The Labute approximate surface area is 183 Å². The Balaban J connectivity index is 1.44. The number of carbonyl (C=O) groups excluding carboxylic acids is 1. The van der Waals surface area contributed by atoms with Crippen LogP contribution in [0.2, 0.25) is 0 Å². The summed E-state index contributed by atoms with van der Waals surface area (Å²) in [6.07, 6.45) is 5.83. The molecule has 1 aliphatic carbocycles. The van der Waals surface area contributed by atoms with Gasteiger partial charge in [-0.25, -0.2) is 0 Å². The van der Waals surface area contributed by atoms with Crippen LogP contribution in [0.25, 0.3) is 0 Å². The first-order valence-corrected chi connectivity index (χ1v) is 11.0. The predicted octanol–water partition coefficient (Wildman–Crippen LogP) is 4.31. The number of rotatable bonds is 11. The Hall–Kier alpha value is -2.73. The number of carbonyl (C=O) groups is 1. The lowest BCUT2D eigenvalue weighted by Crippen LogP contribution is -2.15. The van der Waals surface area contributed by atoms with E-state index >= 15 is 0 Å². The minimum Gasteiger partial charge on any atom is -0.504 e. The largest absolute Gasteiger partial charge is 0.504 e. The van der Waals surface area contributed by atoms with Gasteiger partial charge in [0.25, 0.3) is 0 Å². The average molecular weight is 429 g/mol. The van der Waals surface area contributed by atoms with Gasteiger partial charge < -0.3 is 24.8 Å². The van der Waals surface area contributed by atoms with Gasteiger partial charge in [-0.3, -0.25) is 4.79 Å². The van der Waals surface area contributed by atoms with Crippen LogP contribution in [0.4, 0.5) is 0 Å². The highest BCUT2D eigenvalue weighted by Crippen LogP contribution is 2.32. The number of aryl methyl sites for hydroxylation is 2. The topological polar surface area (TPSA) is 96.2 Å². The summed E-state index contributed by atoms with van der Waals surface area (Å²) >= 11 is 0. The Morgan fingerprint density at radius 1 is 1.00 bits per heavy atom. The van der Waals surface area contributed by atoms with E-state index in [1.54, 1.807) is 24.3 Å². The standard InChI is InChI=1S/C25H32O6/c1-30-24-14-17(8-12-22(24)28)6-10-19(26)16-20(27)11-7-18-9-13-23(29)25(15-18)31-21-4-2-3-5-21/h8-9,12-15,20-21,27-29H,2-7,10-11,16H2,1H3/t20-/m1/s1. The molecular weight excluding hydrogens is 396 g/mol. The van der Waals surface area contributed by atoms with Crippen LogP contribution < -0.4 is 9.47 Å². The maximum Gasteiger partial charge on any atom is 0.161 e. The van der Waals surface area contributed by atoms with Crippen molar-refractivity contribution in [1.29, 1.82) is 0 Å². The molecular formula is C25H32O6. The number of ether oxygens (including phenoxy) is 2. The molecule has 0 aliphatic heterocycles. The lowest BCUT2D eigenvalue weighted by Gasteiger charge is -2.16. The number of aliphatic hydroxyl groups excluding tert-OH is 1. The maximum atomic E-state index is 12.3. The van der Waals surface area contributed by atoms with E-state index in [0.717, 1.165) is 36.8 Å². The number of phenolic OH excluding ortho intramolecular Hbond substituents is 2. The number of benzene rings is 2. The first-order chi connectivity index (χ1) is 14.9. The molecule has 6 heteroatoms. The summed E-state index contributed by atoms with van der Waals surface area (Å²) in [5.41, 5.74) is 1.87. The molecule has 3 rings (SSSR count). The number of methoxy groups -OCH3 is 1. The summed E-state index contributed by atoms with van der Waals surface area (Å²) in [5, 5.41) is 30.0. The van der Waals surface area contributed by atoms with Gasteiger partial charge >= 0.3 is 0 Å². The van der Waals surface area contributed by atoms with Crippen molar-refractivity contribution in [2.24, 2.45) is 0 Å². The molecule has 0 bridgehead atoms. The van der Waals surface area contributed by atoms with Crippen LogP contribution >= 0.6 is 0 Å². The van der Waals surface area contributed by atoms with E-state index < -0.39 is 6.10 Å². The zero-order chi connectivity index (χ0) is 22.2. The molecule has 6 nitrogen and oxygen atoms in total. The predicted molar refractivity (Wildman–Crippen MR) is 118 cm³/mol. The Kier molecular flexibility index (Phi) is 8.18. The maximum absolute atomic E-state index is 12.3. The molecule has 0 aromatic heterocycles. The molecule has 1 aliphatic rings. The minimum absolute atomic E-state index is 0.00416. The zero-order valence-electron chi connectivity index (χ0n) is 18.0. The molecule has 0 saturated heterocycles. The molecule has 31 heavy (non-hydrogen) atoms. The van der Waals surface area contributed by atoms with Crippen molar-refractivity contribution in [3.8, 4) is 23.0 Å². The van der Waals surface area contributed by atoms with Crippen LogP contribution in [0.3, 0.4) is 0 Å². The smallest absolute Gasteiger partial charge is 0.161 e. The highest BCUT2D eigenvalue weighted by Gasteiger charge is 2.18. The molecule has 0 spiro atoms. The van der Waals surface area contributed by atoms with Crippen LogP contribution in [0.5, 0.6) is 23.0 Å². The van der Waals surface area contributed by atoms with E-state index in [9.17, 15) is 20.1 Å². The van der Waals surface area contributed by atoms with Crippen molar-refractivity contribution in [3.63, 3.8) is 0 Å². The third kappa shape index (κ3) is 6.89. The van der Waals surface area contributed by atoms with Crippen molar-refractivity contribution in [2.45, 2.75) is 70.0 Å². The monoisotopic (exact) mass is 428 g/mol. The van der Waals surface area contributed by atoms with Crippen LogP contribution in [-0.4, -0.2) is 40.4 Å². The van der Waals surface area contributed by atoms with Crippen molar-refractivity contribution in [1.82, 2.24) is 0 Å². The number of hydrogen-bond donors (Lipinski definition) is 3. The second-order valence-corrected chi connectivity index (χ2v) is 8.27. The highest BCUT2D eigenvalue weighted by molar-refractivity contribution is 5.79. The van der Waals surface area contributed by atoms with Crippen molar-refractivity contribution < 1.29 is 29.6 Å². The number of aliphatic hydroxyl groups is 1. The average Bonchev–Trinajstić information content (AvgIpc) is 3.27. The fourth-order valence-electron chi connectivity index (χ4n) is 3.96. The van der Waals surface area contributed by atoms with E-state index in [2.05, 4.69) is 0 Å². The summed E-state index contributed by atoms with van der Waals surface area (Å²) < 4.78 is 11.0. The molecule has 1 fully saturated rings. The molecule has 0 amide bonds. The summed E-state index contributed by atoms with van der Waals surface area (Å²) in [7, 11) is 1.48. The molecule has 0 heterocycles. The lowest BCUT2D eigenvalue weighted by molar-refractivity contribution is -0.121. The minimum atomic E-state index is -0.713. The molecule has 1 saturated carbocycles. The number of phenols is 2. The molecule has 2 aromatic rings. The molecule has 168 valence electrons. The Bertz CT molecular complexity index is 872. The number of hydrogen-bond acceptors (Lipinski definition) is 6. The van der Waals surface area contributed by atoms with Gasteiger partial charge in [-0.15, -0.1) is 0 Å². The number of aromatic hydroxyl groups is 2. The zero-order valence-corrected chi connectivity index (χ0v) is 18.0. The van der Waals surface area contributed by atoms with E-state index in [1.807, 2.05) is 12.1 Å². The van der Waals surface area contributed by atoms with E-state index in [1.165, 1.54) is 7.11 Å². The molecule has 0 unspecified atom stereocenters. The lowest BCUT2D eigenvalue weighted by atomic mass is 10.00. The van der Waals surface area contributed by atoms with Crippen molar-refractivity contribution in [3.05, 3.63) is 47.5 Å².